The maximum absolute atomic E-state index is 11.2. The number of hydrogen-bond acceptors (Lipinski definition) is 5. The Morgan fingerprint density at radius 3 is 1.37 bits per heavy atom. The van der Waals surface area contributed by atoms with Crippen LogP contribution in [0.2, 0.25) is 0 Å². The molecular formula is C25H26N4O. The molecule has 152 valence electrons. The molecule has 5 heteroatoms. The maximum Gasteiger partial charge on any atom is 0.134 e. The summed E-state index contributed by atoms with van der Waals surface area (Å²) >= 11 is 0. The van der Waals surface area contributed by atoms with Gasteiger partial charge in [0.15, 0.2) is 0 Å². The number of nitrogens with zero attached hydrogens (tertiary/aromatic N) is 4. The van der Waals surface area contributed by atoms with Crippen molar-refractivity contribution in [2.24, 2.45) is 20.5 Å². The topological polar surface area (TPSA) is 66.5 Å². The highest BCUT2D eigenvalue weighted by Gasteiger charge is 1.98. The highest BCUT2D eigenvalue weighted by atomic mass is 16.1. The number of unbranched alkanes of at least 4 members (excludes halogenated alkanes) is 1. The van der Waals surface area contributed by atoms with E-state index in [9.17, 15) is 4.79 Å². The van der Waals surface area contributed by atoms with E-state index in [0.717, 1.165) is 34.7 Å². The van der Waals surface area contributed by atoms with E-state index in [1.54, 1.807) is 6.92 Å². The number of hydrogen-bond donors (Lipinski definition) is 0. The molecule has 3 aromatic carbocycles. The fraction of sp³-hybridized carbons (Fsp3) is 0.240. The molecule has 0 radical (unpaired) electrons. The third-order valence-corrected chi connectivity index (χ3v) is 4.56. The zero-order chi connectivity index (χ0) is 21.2. The summed E-state index contributed by atoms with van der Waals surface area (Å²) in [6, 6.07) is 23.2. The van der Waals surface area contributed by atoms with Crippen molar-refractivity contribution in [3.8, 4) is 0 Å². The third kappa shape index (κ3) is 6.85. The SMILES string of the molecule is CCCCc1ccc(N=Nc2ccc(N=Nc3ccc(CC(C)=O)cc3)cc2)cc1. The van der Waals surface area contributed by atoms with Crippen LogP contribution in [0.15, 0.2) is 93.3 Å². The zero-order valence-electron chi connectivity index (χ0n) is 17.5. The molecule has 0 heterocycles. The van der Waals surface area contributed by atoms with Crippen molar-refractivity contribution in [3.05, 3.63) is 83.9 Å². The normalized spacial score (nSPS) is 11.4. The van der Waals surface area contributed by atoms with Gasteiger partial charge >= 0.3 is 0 Å². The number of azo groups is 2. The molecule has 0 amide bonds. The van der Waals surface area contributed by atoms with Crippen LogP contribution in [0.4, 0.5) is 22.7 Å². The fourth-order valence-corrected chi connectivity index (χ4v) is 2.90. The highest BCUT2D eigenvalue weighted by Crippen LogP contribution is 2.24. The van der Waals surface area contributed by atoms with Crippen LogP contribution < -0.4 is 0 Å². The van der Waals surface area contributed by atoms with Crippen LogP contribution in [-0.2, 0) is 17.6 Å². The van der Waals surface area contributed by atoms with Crippen molar-refractivity contribution in [1.82, 2.24) is 0 Å². The molecule has 0 aromatic heterocycles. The molecule has 0 aliphatic carbocycles. The van der Waals surface area contributed by atoms with Crippen molar-refractivity contribution in [1.29, 1.82) is 0 Å². The molecule has 3 rings (SSSR count). The van der Waals surface area contributed by atoms with Gasteiger partial charge in [0.1, 0.15) is 5.78 Å². The second kappa shape index (κ2) is 10.9. The summed E-state index contributed by atoms with van der Waals surface area (Å²) in [5, 5.41) is 17.1. The van der Waals surface area contributed by atoms with E-state index in [1.165, 1.54) is 18.4 Å². The van der Waals surface area contributed by atoms with E-state index in [2.05, 4.69) is 39.5 Å². The summed E-state index contributed by atoms with van der Waals surface area (Å²) < 4.78 is 0. The molecule has 5 nitrogen and oxygen atoms in total. The largest absolute Gasteiger partial charge is 0.300 e. The Bertz CT molecular complexity index is 1000. The van der Waals surface area contributed by atoms with E-state index >= 15 is 0 Å². The van der Waals surface area contributed by atoms with E-state index in [-0.39, 0.29) is 5.78 Å². The Labute approximate surface area is 177 Å². The number of ketones is 1. The molecule has 0 unspecified atom stereocenters. The second-order valence-electron chi connectivity index (χ2n) is 7.23. The number of Topliss-reactive ketones (excluding diaryl/α,β-unsaturated/α-hetero) is 1. The first-order valence-electron chi connectivity index (χ1n) is 10.2. The number of carbonyl (C=O) groups is 1. The van der Waals surface area contributed by atoms with Crippen molar-refractivity contribution in [2.75, 3.05) is 0 Å². The average Bonchev–Trinajstić information content (AvgIpc) is 2.77. The lowest BCUT2D eigenvalue weighted by Crippen LogP contribution is -1.94. The molecule has 0 fully saturated rings. The molecule has 0 aliphatic rings. The Balaban J connectivity index is 1.57. The van der Waals surface area contributed by atoms with Crippen molar-refractivity contribution >= 4 is 28.5 Å². The molecule has 0 N–H and O–H groups in total. The quantitative estimate of drug-likeness (QED) is 0.337. The lowest BCUT2D eigenvalue weighted by Gasteiger charge is -2.00. The highest BCUT2D eigenvalue weighted by molar-refractivity contribution is 5.78. The number of carbonyl (C=O) groups excluding carboxylic acids is 1. The van der Waals surface area contributed by atoms with Gasteiger partial charge in [0.25, 0.3) is 0 Å². The van der Waals surface area contributed by atoms with Gasteiger partial charge in [-0.25, -0.2) is 0 Å². The van der Waals surface area contributed by atoms with Crippen LogP contribution in [0.1, 0.15) is 37.8 Å². The Morgan fingerprint density at radius 2 is 1.00 bits per heavy atom. The molecule has 0 spiro atoms. The van der Waals surface area contributed by atoms with Crippen molar-refractivity contribution in [3.63, 3.8) is 0 Å². The number of aryl methyl sites for hydroxylation is 1. The van der Waals surface area contributed by atoms with Gasteiger partial charge in [-0.05, 0) is 79.4 Å². The molecule has 0 atom stereocenters. The van der Waals surface area contributed by atoms with Gasteiger partial charge in [-0.3, -0.25) is 4.79 Å². The number of benzene rings is 3. The van der Waals surface area contributed by atoms with Gasteiger partial charge < -0.3 is 0 Å². The smallest absolute Gasteiger partial charge is 0.134 e. The van der Waals surface area contributed by atoms with Gasteiger partial charge in [-0.1, -0.05) is 37.6 Å². The Morgan fingerprint density at radius 1 is 0.633 bits per heavy atom. The summed E-state index contributed by atoms with van der Waals surface area (Å²) in [5.74, 6) is 0.144. The van der Waals surface area contributed by atoms with E-state index in [1.807, 2.05) is 60.7 Å². The van der Waals surface area contributed by atoms with Crippen LogP contribution in [0, 0.1) is 0 Å². The predicted octanol–water partition coefficient (Wildman–Crippen LogP) is 7.99. The summed E-state index contributed by atoms with van der Waals surface area (Å²) in [4.78, 5) is 11.2. The molecule has 0 saturated carbocycles. The third-order valence-electron chi connectivity index (χ3n) is 4.56. The lowest BCUT2D eigenvalue weighted by atomic mass is 10.1. The molecule has 0 saturated heterocycles. The molecule has 3 aromatic rings. The van der Waals surface area contributed by atoms with Crippen LogP contribution in [0.3, 0.4) is 0 Å². The summed E-state index contributed by atoms with van der Waals surface area (Å²) in [6.07, 6.45) is 3.95. The van der Waals surface area contributed by atoms with Gasteiger partial charge in [-0.15, -0.1) is 0 Å². The molecule has 30 heavy (non-hydrogen) atoms. The first kappa shape index (κ1) is 21.2. The fourth-order valence-electron chi connectivity index (χ4n) is 2.90. The Hall–Kier alpha value is -3.47. The van der Waals surface area contributed by atoms with Crippen LogP contribution in [-0.4, -0.2) is 5.78 Å². The standard InChI is InChI=1S/C25H26N4O/c1-3-4-5-20-6-10-22(11-7-20)26-28-24-14-16-25(17-15-24)29-27-23-12-8-21(9-13-23)18-19(2)30/h6-17H,3-5,18H2,1-2H3. The second-order valence-corrected chi connectivity index (χ2v) is 7.23. The molecule has 0 bridgehead atoms. The van der Waals surface area contributed by atoms with Crippen LogP contribution in [0.5, 0.6) is 0 Å². The maximum atomic E-state index is 11.2. The van der Waals surface area contributed by atoms with Gasteiger partial charge in [0, 0.05) is 6.42 Å². The first-order chi connectivity index (χ1) is 14.6. The summed E-state index contributed by atoms with van der Waals surface area (Å²) in [5.41, 5.74) is 5.39. The summed E-state index contributed by atoms with van der Waals surface area (Å²) in [7, 11) is 0. The minimum atomic E-state index is 0.144. The predicted molar refractivity (Wildman–Crippen MR) is 121 cm³/mol. The lowest BCUT2D eigenvalue weighted by molar-refractivity contribution is -0.116. The number of rotatable bonds is 9. The minimum Gasteiger partial charge on any atom is -0.300 e. The van der Waals surface area contributed by atoms with E-state index < -0.39 is 0 Å². The van der Waals surface area contributed by atoms with E-state index in [4.69, 9.17) is 0 Å². The molecule has 0 aliphatic heterocycles. The van der Waals surface area contributed by atoms with E-state index in [0.29, 0.717) is 6.42 Å². The van der Waals surface area contributed by atoms with Crippen LogP contribution in [0.25, 0.3) is 0 Å². The van der Waals surface area contributed by atoms with Gasteiger partial charge in [-0.2, -0.15) is 20.5 Å². The van der Waals surface area contributed by atoms with Crippen molar-refractivity contribution < 1.29 is 4.79 Å². The van der Waals surface area contributed by atoms with Crippen LogP contribution >= 0.6 is 0 Å². The first-order valence-corrected chi connectivity index (χ1v) is 10.2. The minimum absolute atomic E-state index is 0.144. The average molecular weight is 399 g/mol. The van der Waals surface area contributed by atoms with Gasteiger partial charge in [0.2, 0.25) is 0 Å². The van der Waals surface area contributed by atoms with Gasteiger partial charge in [0.05, 0.1) is 22.7 Å². The summed E-state index contributed by atoms with van der Waals surface area (Å²) in [6.45, 7) is 3.78. The van der Waals surface area contributed by atoms with Crippen molar-refractivity contribution in [2.45, 2.75) is 39.5 Å². The molecular weight excluding hydrogens is 372 g/mol. The monoisotopic (exact) mass is 398 g/mol. The Kier molecular flexibility index (Phi) is 7.72. The zero-order valence-corrected chi connectivity index (χ0v) is 17.5.